The van der Waals surface area contributed by atoms with Crippen molar-refractivity contribution in [3.05, 3.63) is 63.8 Å². The number of benzene rings is 2. The number of carbonyl (C=O) groups excluding carboxylic acids is 2. The predicted molar refractivity (Wildman–Crippen MR) is 110 cm³/mol. The molecule has 4 rings (SSSR count). The molecule has 2 aliphatic rings. The molecule has 2 aromatic carbocycles. The van der Waals surface area contributed by atoms with Crippen molar-refractivity contribution in [2.24, 2.45) is 0 Å². The Hall–Kier alpha value is -2.84. The van der Waals surface area contributed by atoms with Gasteiger partial charge in [0, 0.05) is 23.1 Å². The third-order valence-electron chi connectivity index (χ3n) is 4.59. The van der Waals surface area contributed by atoms with Gasteiger partial charge in [0.05, 0.1) is 13.2 Å². The van der Waals surface area contributed by atoms with Crippen molar-refractivity contribution in [1.29, 1.82) is 0 Å². The van der Waals surface area contributed by atoms with Crippen LogP contribution in [0, 0.1) is 0 Å². The van der Waals surface area contributed by atoms with Gasteiger partial charge in [0.15, 0.2) is 11.5 Å². The van der Waals surface area contributed by atoms with E-state index in [0.29, 0.717) is 43.4 Å². The summed E-state index contributed by atoms with van der Waals surface area (Å²) >= 11 is 3.35. The number of nitrogens with zero attached hydrogens (tertiary/aromatic N) is 1. The van der Waals surface area contributed by atoms with E-state index in [9.17, 15) is 9.59 Å². The Balaban J connectivity index is 1.62. The minimum atomic E-state index is -0.355. The standard InChI is InChI=1S/C21H19BrN2O5/c22-16-4-2-15(3-5-16)20(25)23-17(21(26)24-7-9-27-10-8-24)11-14-1-6-18-19(12-14)29-13-28-18/h1-6,11-12H,7-10,13H2,(H,23,25). The normalized spacial score (nSPS) is 15.9. The van der Waals surface area contributed by atoms with Crippen LogP contribution >= 0.6 is 15.9 Å². The maximum Gasteiger partial charge on any atom is 0.270 e. The fraction of sp³-hybridized carbons (Fsp3) is 0.238. The van der Waals surface area contributed by atoms with Gasteiger partial charge in [0.2, 0.25) is 6.79 Å². The zero-order chi connectivity index (χ0) is 20.2. The lowest BCUT2D eigenvalue weighted by atomic mass is 10.1. The predicted octanol–water partition coefficient (Wildman–Crippen LogP) is 2.81. The fourth-order valence-electron chi connectivity index (χ4n) is 3.05. The first kappa shape index (κ1) is 19.5. The zero-order valence-corrected chi connectivity index (χ0v) is 17.1. The molecule has 0 aliphatic carbocycles. The van der Waals surface area contributed by atoms with Crippen molar-refractivity contribution in [3.8, 4) is 11.5 Å². The summed E-state index contributed by atoms with van der Waals surface area (Å²) in [5.41, 5.74) is 1.38. The largest absolute Gasteiger partial charge is 0.454 e. The maximum absolute atomic E-state index is 13.1. The number of fused-ring (bicyclic) bond motifs is 1. The van der Waals surface area contributed by atoms with E-state index in [1.165, 1.54) is 0 Å². The number of hydrogen-bond acceptors (Lipinski definition) is 5. The van der Waals surface area contributed by atoms with Gasteiger partial charge < -0.3 is 24.4 Å². The monoisotopic (exact) mass is 458 g/mol. The summed E-state index contributed by atoms with van der Waals surface area (Å²) in [6.07, 6.45) is 1.65. The molecule has 2 heterocycles. The minimum absolute atomic E-state index is 0.169. The summed E-state index contributed by atoms with van der Waals surface area (Å²) < 4.78 is 16.9. The molecular formula is C21H19BrN2O5. The summed E-state index contributed by atoms with van der Waals surface area (Å²) in [4.78, 5) is 27.5. The Morgan fingerprint density at radius 1 is 1.00 bits per heavy atom. The van der Waals surface area contributed by atoms with E-state index in [0.717, 1.165) is 10.0 Å². The van der Waals surface area contributed by atoms with Crippen LogP contribution in [0.2, 0.25) is 0 Å². The highest BCUT2D eigenvalue weighted by atomic mass is 79.9. The molecule has 2 amide bonds. The van der Waals surface area contributed by atoms with Crippen LogP contribution in [0.15, 0.2) is 52.6 Å². The number of rotatable bonds is 4. The number of carbonyl (C=O) groups is 2. The number of halogens is 1. The molecular weight excluding hydrogens is 440 g/mol. The Morgan fingerprint density at radius 2 is 1.72 bits per heavy atom. The Kier molecular flexibility index (Phi) is 5.82. The van der Waals surface area contributed by atoms with E-state index in [1.807, 2.05) is 6.07 Å². The van der Waals surface area contributed by atoms with Gasteiger partial charge in [-0.3, -0.25) is 9.59 Å². The van der Waals surface area contributed by atoms with Crippen LogP contribution in [0.4, 0.5) is 0 Å². The molecule has 0 bridgehead atoms. The molecule has 0 unspecified atom stereocenters. The van der Waals surface area contributed by atoms with Gasteiger partial charge in [-0.15, -0.1) is 0 Å². The van der Waals surface area contributed by atoms with E-state index in [2.05, 4.69) is 21.2 Å². The summed E-state index contributed by atoms with van der Waals surface area (Å²) in [7, 11) is 0. The first-order chi connectivity index (χ1) is 14.1. The Bertz CT molecular complexity index is 952. The van der Waals surface area contributed by atoms with E-state index in [4.69, 9.17) is 14.2 Å². The molecule has 1 N–H and O–H groups in total. The average molecular weight is 459 g/mol. The molecule has 7 nitrogen and oxygen atoms in total. The zero-order valence-electron chi connectivity index (χ0n) is 15.5. The number of amides is 2. The van der Waals surface area contributed by atoms with Crippen LogP contribution < -0.4 is 14.8 Å². The van der Waals surface area contributed by atoms with Crippen LogP contribution in [0.25, 0.3) is 6.08 Å². The van der Waals surface area contributed by atoms with Crippen molar-refractivity contribution >= 4 is 33.8 Å². The highest BCUT2D eigenvalue weighted by Crippen LogP contribution is 2.33. The van der Waals surface area contributed by atoms with Gasteiger partial charge in [-0.25, -0.2) is 0 Å². The molecule has 8 heteroatoms. The van der Waals surface area contributed by atoms with Crippen molar-refractivity contribution < 1.29 is 23.8 Å². The number of morpholine rings is 1. The molecule has 2 aliphatic heterocycles. The number of ether oxygens (including phenoxy) is 3. The van der Waals surface area contributed by atoms with E-state index in [1.54, 1.807) is 47.4 Å². The van der Waals surface area contributed by atoms with E-state index < -0.39 is 0 Å². The van der Waals surface area contributed by atoms with Gasteiger partial charge in [-0.05, 0) is 48.0 Å². The third-order valence-corrected chi connectivity index (χ3v) is 5.12. The molecule has 1 fully saturated rings. The van der Waals surface area contributed by atoms with E-state index >= 15 is 0 Å². The minimum Gasteiger partial charge on any atom is -0.454 e. The smallest absolute Gasteiger partial charge is 0.270 e. The van der Waals surface area contributed by atoms with Crippen LogP contribution in [0.3, 0.4) is 0 Å². The molecule has 1 saturated heterocycles. The Labute approximate surface area is 176 Å². The highest BCUT2D eigenvalue weighted by Gasteiger charge is 2.23. The SMILES string of the molecule is O=C(NC(=Cc1ccc2c(c1)OCO2)C(=O)N1CCOCC1)c1ccc(Br)cc1. The van der Waals surface area contributed by atoms with Gasteiger partial charge in [-0.2, -0.15) is 0 Å². The summed E-state index contributed by atoms with van der Waals surface area (Å²) in [6.45, 7) is 2.08. The fourth-order valence-corrected chi connectivity index (χ4v) is 3.32. The van der Waals surface area contributed by atoms with Gasteiger partial charge >= 0.3 is 0 Å². The second-order valence-electron chi connectivity index (χ2n) is 6.54. The van der Waals surface area contributed by atoms with Gasteiger partial charge in [0.25, 0.3) is 11.8 Å². The van der Waals surface area contributed by atoms with Crippen LogP contribution in [-0.4, -0.2) is 49.8 Å². The molecule has 0 saturated carbocycles. The van der Waals surface area contributed by atoms with Gasteiger partial charge in [-0.1, -0.05) is 22.0 Å². The maximum atomic E-state index is 13.1. The van der Waals surface area contributed by atoms with Crippen molar-refractivity contribution in [2.45, 2.75) is 0 Å². The second-order valence-corrected chi connectivity index (χ2v) is 7.45. The van der Waals surface area contributed by atoms with Crippen molar-refractivity contribution in [3.63, 3.8) is 0 Å². The Morgan fingerprint density at radius 3 is 2.48 bits per heavy atom. The topological polar surface area (TPSA) is 77.1 Å². The molecule has 29 heavy (non-hydrogen) atoms. The molecule has 0 aromatic heterocycles. The average Bonchev–Trinajstić information content (AvgIpc) is 3.21. The highest BCUT2D eigenvalue weighted by molar-refractivity contribution is 9.10. The molecule has 150 valence electrons. The molecule has 0 radical (unpaired) electrons. The molecule has 2 aromatic rings. The molecule has 0 atom stereocenters. The van der Waals surface area contributed by atoms with Crippen molar-refractivity contribution in [2.75, 3.05) is 33.1 Å². The lowest BCUT2D eigenvalue weighted by Crippen LogP contribution is -2.44. The lowest BCUT2D eigenvalue weighted by Gasteiger charge is -2.27. The number of hydrogen-bond donors (Lipinski definition) is 1. The summed E-state index contributed by atoms with van der Waals surface area (Å²) in [5.74, 6) is 0.654. The second kappa shape index (κ2) is 8.67. The molecule has 0 spiro atoms. The first-order valence-electron chi connectivity index (χ1n) is 9.15. The van der Waals surface area contributed by atoms with Crippen LogP contribution in [-0.2, 0) is 9.53 Å². The van der Waals surface area contributed by atoms with E-state index in [-0.39, 0.29) is 24.3 Å². The lowest BCUT2D eigenvalue weighted by molar-refractivity contribution is -0.131. The quantitative estimate of drug-likeness (QED) is 0.712. The van der Waals surface area contributed by atoms with Crippen LogP contribution in [0.5, 0.6) is 11.5 Å². The van der Waals surface area contributed by atoms with Crippen molar-refractivity contribution in [1.82, 2.24) is 10.2 Å². The third kappa shape index (κ3) is 4.60. The van der Waals surface area contributed by atoms with Crippen LogP contribution in [0.1, 0.15) is 15.9 Å². The van der Waals surface area contributed by atoms with Gasteiger partial charge in [0.1, 0.15) is 5.70 Å². The number of nitrogens with one attached hydrogen (secondary N) is 1. The first-order valence-corrected chi connectivity index (χ1v) is 9.95. The summed E-state index contributed by atoms with van der Waals surface area (Å²) in [5, 5.41) is 2.77. The summed E-state index contributed by atoms with van der Waals surface area (Å²) in [6, 6.07) is 12.3.